The summed E-state index contributed by atoms with van der Waals surface area (Å²) >= 11 is 5.86. The lowest BCUT2D eigenvalue weighted by Crippen LogP contribution is -2.34. The Kier molecular flexibility index (Phi) is 8.66. The van der Waals surface area contributed by atoms with E-state index >= 15 is 0 Å². The molecule has 0 saturated heterocycles. The molecule has 0 atom stereocenters. The van der Waals surface area contributed by atoms with Crippen molar-refractivity contribution in [1.82, 2.24) is 15.1 Å². The van der Waals surface area contributed by atoms with Crippen LogP contribution in [-0.2, 0) is 16.1 Å². The molecule has 0 aromatic heterocycles. The predicted octanol–water partition coefficient (Wildman–Crippen LogP) is 2.15. The molecule has 0 unspecified atom stereocenters. The molecule has 1 aromatic carbocycles. The fourth-order valence-corrected chi connectivity index (χ4v) is 2.23. The van der Waals surface area contributed by atoms with Crippen molar-refractivity contribution in [2.24, 2.45) is 0 Å². The van der Waals surface area contributed by atoms with Gasteiger partial charge in [-0.2, -0.15) is 0 Å². The van der Waals surface area contributed by atoms with Gasteiger partial charge in [0.25, 0.3) is 0 Å². The van der Waals surface area contributed by atoms with E-state index in [-0.39, 0.29) is 11.8 Å². The van der Waals surface area contributed by atoms with Gasteiger partial charge in [-0.05, 0) is 44.8 Å². The van der Waals surface area contributed by atoms with E-state index in [1.165, 1.54) is 6.92 Å². The fraction of sp³-hybridized carbons (Fsp3) is 0.529. The lowest BCUT2D eigenvalue weighted by molar-refractivity contribution is -0.130. The van der Waals surface area contributed by atoms with Crippen LogP contribution in [0.5, 0.6) is 0 Å². The molecule has 2 amide bonds. The minimum atomic E-state index is -0.0413. The number of halogens is 1. The smallest absolute Gasteiger partial charge is 0.221 e. The Labute approximate surface area is 143 Å². The SMILES string of the molecule is CC(=O)N(CCC(=O)NCCCN(C)C)Cc1ccc(Cl)cc1. The molecule has 5 nitrogen and oxygen atoms in total. The maximum absolute atomic E-state index is 11.8. The number of benzene rings is 1. The van der Waals surface area contributed by atoms with E-state index < -0.39 is 0 Å². The number of carbonyl (C=O) groups is 2. The molecule has 0 saturated carbocycles. The number of nitrogens with one attached hydrogen (secondary N) is 1. The minimum absolute atomic E-state index is 0.0221. The predicted molar refractivity (Wildman–Crippen MR) is 93.3 cm³/mol. The molecule has 23 heavy (non-hydrogen) atoms. The summed E-state index contributed by atoms with van der Waals surface area (Å²) in [5.74, 6) is -0.0635. The van der Waals surface area contributed by atoms with E-state index in [0.29, 0.717) is 31.1 Å². The van der Waals surface area contributed by atoms with Gasteiger partial charge in [0.2, 0.25) is 11.8 Å². The van der Waals surface area contributed by atoms with Crippen molar-refractivity contribution in [2.45, 2.75) is 26.3 Å². The van der Waals surface area contributed by atoms with Crippen LogP contribution in [0.4, 0.5) is 0 Å². The Bertz CT molecular complexity index is 503. The van der Waals surface area contributed by atoms with Crippen molar-refractivity contribution in [3.63, 3.8) is 0 Å². The summed E-state index contributed by atoms with van der Waals surface area (Å²) in [6.07, 6.45) is 1.23. The van der Waals surface area contributed by atoms with Crippen LogP contribution in [-0.4, -0.2) is 55.3 Å². The highest BCUT2D eigenvalue weighted by Crippen LogP contribution is 2.11. The molecule has 0 aliphatic rings. The molecule has 0 spiro atoms. The van der Waals surface area contributed by atoms with E-state index in [0.717, 1.165) is 18.5 Å². The average molecular weight is 340 g/mol. The van der Waals surface area contributed by atoms with Gasteiger partial charge in [0.15, 0.2) is 0 Å². The second kappa shape index (κ2) is 10.2. The summed E-state index contributed by atoms with van der Waals surface area (Å²) in [5.41, 5.74) is 0.996. The molecule has 128 valence electrons. The topological polar surface area (TPSA) is 52.7 Å². The molecule has 0 aliphatic heterocycles. The third-order valence-corrected chi connectivity index (χ3v) is 3.70. The van der Waals surface area contributed by atoms with E-state index in [4.69, 9.17) is 11.6 Å². The van der Waals surface area contributed by atoms with Crippen LogP contribution in [0.3, 0.4) is 0 Å². The van der Waals surface area contributed by atoms with Crippen LogP contribution < -0.4 is 5.32 Å². The van der Waals surface area contributed by atoms with Crippen molar-refractivity contribution >= 4 is 23.4 Å². The Morgan fingerprint density at radius 2 is 1.78 bits per heavy atom. The Morgan fingerprint density at radius 1 is 1.13 bits per heavy atom. The number of hydrogen-bond acceptors (Lipinski definition) is 3. The Morgan fingerprint density at radius 3 is 2.35 bits per heavy atom. The first-order valence-corrected chi connectivity index (χ1v) is 8.17. The Hall–Kier alpha value is -1.59. The van der Waals surface area contributed by atoms with Crippen LogP contribution >= 0.6 is 11.6 Å². The molecule has 0 bridgehead atoms. The first-order valence-electron chi connectivity index (χ1n) is 7.80. The third kappa shape index (κ3) is 8.57. The molecule has 0 fully saturated rings. The molecule has 0 radical (unpaired) electrons. The third-order valence-electron chi connectivity index (χ3n) is 3.45. The summed E-state index contributed by atoms with van der Waals surface area (Å²) in [6.45, 7) is 4.02. The molecule has 1 N–H and O–H groups in total. The van der Waals surface area contributed by atoms with Crippen LogP contribution in [0.15, 0.2) is 24.3 Å². The van der Waals surface area contributed by atoms with Gasteiger partial charge in [0.05, 0.1) is 0 Å². The largest absolute Gasteiger partial charge is 0.356 e. The summed E-state index contributed by atoms with van der Waals surface area (Å²) < 4.78 is 0. The monoisotopic (exact) mass is 339 g/mol. The number of hydrogen-bond donors (Lipinski definition) is 1. The van der Waals surface area contributed by atoms with Gasteiger partial charge < -0.3 is 15.1 Å². The number of carbonyl (C=O) groups excluding carboxylic acids is 2. The van der Waals surface area contributed by atoms with Gasteiger partial charge in [-0.3, -0.25) is 9.59 Å². The van der Waals surface area contributed by atoms with Crippen molar-refractivity contribution in [2.75, 3.05) is 33.7 Å². The first-order chi connectivity index (χ1) is 10.9. The number of rotatable bonds is 9. The summed E-state index contributed by atoms with van der Waals surface area (Å²) in [7, 11) is 4.01. The zero-order valence-corrected chi connectivity index (χ0v) is 14.9. The number of nitrogens with zero attached hydrogens (tertiary/aromatic N) is 2. The lowest BCUT2D eigenvalue weighted by Gasteiger charge is -2.21. The molecule has 1 aromatic rings. The van der Waals surface area contributed by atoms with Crippen LogP contribution in [0.2, 0.25) is 5.02 Å². The van der Waals surface area contributed by atoms with E-state index in [2.05, 4.69) is 10.2 Å². The normalized spacial score (nSPS) is 10.7. The van der Waals surface area contributed by atoms with Crippen molar-refractivity contribution in [1.29, 1.82) is 0 Å². The van der Waals surface area contributed by atoms with Crippen molar-refractivity contribution in [3.8, 4) is 0 Å². The second-order valence-corrected chi connectivity index (χ2v) is 6.26. The minimum Gasteiger partial charge on any atom is -0.356 e. The van der Waals surface area contributed by atoms with Crippen LogP contribution in [0, 0.1) is 0 Å². The van der Waals surface area contributed by atoms with Crippen molar-refractivity contribution < 1.29 is 9.59 Å². The highest BCUT2D eigenvalue weighted by atomic mass is 35.5. The summed E-state index contributed by atoms with van der Waals surface area (Å²) in [6, 6.07) is 7.37. The van der Waals surface area contributed by atoms with Gasteiger partial charge in [-0.15, -0.1) is 0 Å². The zero-order valence-electron chi connectivity index (χ0n) is 14.1. The van der Waals surface area contributed by atoms with Gasteiger partial charge in [0.1, 0.15) is 0 Å². The maximum Gasteiger partial charge on any atom is 0.221 e. The summed E-state index contributed by atoms with van der Waals surface area (Å²) in [5, 5.41) is 3.55. The molecule has 6 heteroatoms. The first kappa shape index (κ1) is 19.5. The van der Waals surface area contributed by atoms with E-state index in [1.54, 1.807) is 17.0 Å². The molecular weight excluding hydrogens is 314 g/mol. The van der Waals surface area contributed by atoms with Gasteiger partial charge in [-0.1, -0.05) is 23.7 Å². The highest BCUT2D eigenvalue weighted by Gasteiger charge is 2.11. The van der Waals surface area contributed by atoms with E-state index in [9.17, 15) is 9.59 Å². The van der Waals surface area contributed by atoms with Crippen LogP contribution in [0.25, 0.3) is 0 Å². The standard InChI is InChI=1S/C17H26ClN3O2/c1-14(22)21(13-15-5-7-16(18)8-6-15)12-9-17(23)19-10-4-11-20(2)3/h5-8H,4,9-13H2,1-3H3,(H,19,23). The molecule has 0 aliphatic carbocycles. The average Bonchev–Trinajstić information content (AvgIpc) is 2.49. The lowest BCUT2D eigenvalue weighted by atomic mass is 10.2. The quantitative estimate of drug-likeness (QED) is 0.701. The zero-order chi connectivity index (χ0) is 17.2. The van der Waals surface area contributed by atoms with Crippen molar-refractivity contribution in [3.05, 3.63) is 34.9 Å². The molecule has 0 heterocycles. The fourth-order valence-electron chi connectivity index (χ4n) is 2.11. The van der Waals surface area contributed by atoms with Gasteiger partial charge >= 0.3 is 0 Å². The molecule has 1 rings (SSSR count). The highest BCUT2D eigenvalue weighted by molar-refractivity contribution is 6.30. The Balaban J connectivity index is 2.37. The second-order valence-electron chi connectivity index (χ2n) is 5.82. The van der Waals surface area contributed by atoms with E-state index in [1.807, 2.05) is 26.2 Å². The van der Waals surface area contributed by atoms with Gasteiger partial charge in [0, 0.05) is 38.0 Å². The van der Waals surface area contributed by atoms with Crippen LogP contribution in [0.1, 0.15) is 25.3 Å². The summed E-state index contributed by atoms with van der Waals surface area (Å²) in [4.78, 5) is 27.3. The maximum atomic E-state index is 11.8. The van der Waals surface area contributed by atoms with Gasteiger partial charge in [-0.25, -0.2) is 0 Å². The number of amides is 2. The molecular formula is C17H26ClN3O2.